The van der Waals surface area contributed by atoms with Crippen molar-refractivity contribution in [2.75, 3.05) is 7.11 Å². The molecule has 0 saturated heterocycles. The van der Waals surface area contributed by atoms with Crippen molar-refractivity contribution in [3.05, 3.63) is 67.8 Å². The topological polar surface area (TPSA) is 133 Å². The Morgan fingerprint density at radius 3 is 1.68 bits per heavy atom. The van der Waals surface area contributed by atoms with Crippen molar-refractivity contribution in [2.24, 2.45) is 0 Å². The summed E-state index contributed by atoms with van der Waals surface area (Å²) in [4.78, 5) is 48.2. The van der Waals surface area contributed by atoms with Gasteiger partial charge in [-0.15, -0.1) is 0 Å². The minimum Gasteiger partial charge on any atom is -0.465 e. The molecule has 0 aromatic heterocycles. The molecule has 1 amide bonds. The number of nitro benzene ring substituents is 2. The van der Waals surface area contributed by atoms with Gasteiger partial charge in [0.25, 0.3) is 17.3 Å². The van der Waals surface area contributed by atoms with Crippen LogP contribution in [0.1, 0.15) is 48.4 Å². The van der Waals surface area contributed by atoms with E-state index in [1.807, 2.05) is 0 Å². The number of hydrogen-bond acceptors (Lipinski definition) is 7. The van der Waals surface area contributed by atoms with Gasteiger partial charge in [0.1, 0.15) is 5.56 Å². The molecular weight excluding hydrogens is 406 g/mol. The Morgan fingerprint density at radius 2 is 1.32 bits per heavy atom. The molecule has 2 aromatic rings. The molecular formula is C21H23N3O7. The van der Waals surface area contributed by atoms with Crippen LogP contribution in [0.5, 0.6) is 0 Å². The lowest BCUT2D eigenvalue weighted by molar-refractivity contribution is -0.392. The molecule has 0 aliphatic heterocycles. The predicted molar refractivity (Wildman–Crippen MR) is 113 cm³/mol. The summed E-state index contributed by atoms with van der Waals surface area (Å²) in [6.45, 7) is 7.16. The number of esters is 1. The number of nitrogens with zero attached hydrogens (tertiary/aromatic N) is 3. The van der Waals surface area contributed by atoms with E-state index >= 15 is 0 Å². The van der Waals surface area contributed by atoms with Crippen molar-refractivity contribution in [3.8, 4) is 11.1 Å². The maximum Gasteiger partial charge on any atom is 0.337 e. The fourth-order valence-corrected chi connectivity index (χ4v) is 3.42. The quantitative estimate of drug-likeness (QED) is 0.365. The Labute approximate surface area is 178 Å². The van der Waals surface area contributed by atoms with Gasteiger partial charge in [-0.2, -0.15) is 0 Å². The van der Waals surface area contributed by atoms with E-state index < -0.39 is 33.1 Å². The average Bonchev–Trinajstić information content (AvgIpc) is 2.71. The summed E-state index contributed by atoms with van der Waals surface area (Å²) in [7, 11) is 1.21. The molecule has 0 unspecified atom stereocenters. The smallest absolute Gasteiger partial charge is 0.337 e. The number of amides is 1. The summed E-state index contributed by atoms with van der Waals surface area (Å²) in [5.74, 6) is -1.15. The van der Waals surface area contributed by atoms with Gasteiger partial charge in [-0.25, -0.2) is 4.79 Å². The highest BCUT2D eigenvalue weighted by Crippen LogP contribution is 2.39. The van der Waals surface area contributed by atoms with E-state index in [1.165, 1.54) is 36.3 Å². The minimum atomic E-state index is -0.761. The van der Waals surface area contributed by atoms with Crippen molar-refractivity contribution >= 4 is 23.3 Å². The summed E-state index contributed by atoms with van der Waals surface area (Å²) in [6.07, 6.45) is 0. The van der Waals surface area contributed by atoms with Crippen LogP contribution in [-0.2, 0) is 4.74 Å². The fourth-order valence-electron chi connectivity index (χ4n) is 3.42. The summed E-state index contributed by atoms with van der Waals surface area (Å²) in [5, 5.41) is 23.6. The molecule has 2 rings (SSSR count). The van der Waals surface area contributed by atoms with E-state index in [4.69, 9.17) is 0 Å². The van der Waals surface area contributed by atoms with Crippen molar-refractivity contribution in [1.82, 2.24) is 4.90 Å². The Morgan fingerprint density at radius 1 is 0.871 bits per heavy atom. The first-order valence-corrected chi connectivity index (χ1v) is 9.47. The van der Waals surface area contributed by atoms with Crippen molar-refractivity contribution < 1.29 is 24.2 Å². The molecule has 164 valence electrons. The largest absolute Gasteiger partial charge is 0.465 e. The van der Waals surface area contributed by atoms with Gasteiger partial charge < -0.3 is 9.64 Å². The highest BCUT2D eigenvalue weighted by Gasteiger charge is 2.32. The second kappa shape index (κ2) is 9.33. The number of methoxy groups -OCH3 is 1. The Kier molecular flexibility index (Phi) is 7.06. The minimum absolute atomic E-state index is 0.143. The highest BCUT2D eigenvalue weighted by atomic mass is 16.6. The van der Waals surface area contributed by atoms with Crippen molar-refractivity contribution in [1.29, 1.82) is 0 Å². The van der Waals surface area contributed by atoms with Gasteiger partial charge in [0, 0.05) is 24.2 Å². The lowest BCUT2D eigenvalue weighted by atomic mass is 9.97. The zero-order valence-electron chi connectivity index (χ0n) is 17.8. The van der Waals surface area contributed by atoms with E-state index in [0.717, 1.165) is 12.1 Å². The number of hydrogen-bond donors (Lipinski definition) is 0. The van der Waals surface area contributed by atoms with Gasteiger partial charge in [0.15, 0.2) is 0 Å². The molecule has 10 heteroatoms. The molecule has 2 aromatic carbocycles. The highest BCUT2D eigenvalue weighted by molar-refractivity contribution is 5.99. The standard InChI is InChI=1S/C21H23N3O7/c1-12(2)22(13(3)4)20(25)16-10-17(23(27)28)19(18(11-16)24(29)30)14-6-8-15(9-7-14)21(26)31-5/h6-13H,1-5H3. The summed E-state index contributed by atoms with van der Waals surface area (Å²) in [6, 6.07) is 7.11. The molecule has 10 nitrogen and oxygen atoms in total. The average molecular weight is 429 g/mol. The first kappa shape index (κ1) is 23.5. The molecule has 0 heterocycles. The van der Waals surface area contributed by atoms with Crippen LogP contribution in [-0.4, -0.2) is 45.8 Å². The molecule has 0 atom stereocenters. The third kappa shape index (κ3) is 4.85. The zero-order valence-corrected chi connectivity index (χ0v) is 17.8. The molecule has 31 heavy (non-hydrogen) atoms. The lowest BCUT2D eigenvalue weighted by Gasteiger charge is -2.30. The Hall–Kier alpha value is -3.82. The molecule has 0 spiro atoms. The van der Waals surface area contributed by atoms with Crippen molar-refractivity contribution in [3.63, 3.8) is 0 Å². The number of ether oxygens (including phenoxy) is 1. The second-order valence-corrected chi connectivity index (χ2v) is 7.37. The SMILES string of the molecule is COC(=O)c1ccc(-c2c([N+](=O)[O-])cc(C(=O)N(C(C)C)C(C)C)cc2[N+](=O)[O-])cc1. The van der Waals surface area contributed by atoms with Crippen LogP contribution in [0.15, 0.2) is 36.4 Å². The third-order valence-electron chi connectivity index (χ3n) is 4.68. The van der Waals surface area contributed by atoms with Crippen LogP contribution in [0.4, 0.5) is 11.4 Å². The van der Waals surface area contributed by atoms with Crippen LogP contribution < -0.4 is 0 Å². The van der Waals surface area contributed by atoms with Crippen LogP contribution in [0.25, 0.3) is 11.1 Å². The summed E-state index contributed by atoms with van der Waals surface area (Å²) < 4.78 is 4.61. The molecule has 0 radical (unpaired) electrons. The molecule has 0 aliphatic carbocycles. The maximum atomic E-state index is 13.0. The summed E-state index contributed by atoms with van der Waals surface area (Å²) >= 11 is 0. The van der Waals surface area contributed by atoms with Crippen molar-refractivity contribution in [2.45, 2.75) is 39.8 Å². The first-order valence-electron chi connectivity index (χ1n) is 9.47. The van der Waals surface area contributed by atoms with Gasteiger partial charge >= 0.3 is 5.97 Å². The second-order valence-electron chi connectivity index (χ2n) is 7.37. The van der Waals surface area contributed by atoms with Gasteiger partial charge in [0.2, 0.25) is 0 Å². The van der Waals surface area contributed by atoms with Crippen LogP contribution in [0.3, 0.4) is 0 Å². The van der Waals surface area contributed by atoms with E-state index in [-0.39, 0.29) is 34.3 Å². The van der Waals surface area contributed by atoms with Crippen LogP contribution in [0, 0.1) is 20.2 Å². The molecule has 0 aliphatic rings. The maximum absolute atomic E-state index is 13.0. The lowest BCUT2D eigenvalue weighted by Crippen LogP contribution is -2.42. The first-order chi connectivity index (χ1) is 14.5. The molecule has 0 saturated carbocycles. The molecule has 0 N–H and O–H groups in total. The molecule has 0 bridgehead atoms. The third-order valence-corrected chi connectivity index (χ3v) is 4.68. The van der Waals surface area contributed by atoms with E-state index in [1.54, 1.807) is 27.7 Å². The van der Waals surface area contributed by atoms with E-state index in [0.29, 0.717) is 0 Å². The van der Waals surface area contributed by atoms with E-state index in [2.05, 4.69) is 4.74 Å². The van der Waals surface area contributed by atoms with Gasteiger partial charge in [-0.1, -0.05) is 12.1 Å². The molecule has 0 fully saturated rings. The van der Waals surface area contributed by atoms with Crippen LogP contribution >= 0.6 is 0 Å². The van der Waals surface area contributed by atoms with Crippen LogP contribution in [0.2, 0.25) is 0 Å². The number of carbonyl (C=O) groups excluding carboxylic acids is 2. The predicted octanol–water partition coefficient (Wildman–Crippen LogP) is 4.22. The summed E-state index contributed by atoms with van der Waals surface area (Å²) in [5.41, 5.74) is -1.19. The Bertz CT molecular complexity index is 987. The number of carbonyl (C=O) groups is 2. The van der Waals surface area contributed by atoms with Gasteiger partial charge in [-0.05, 0) is 45.4 Å². The van der Waals surface area contributed by atoms with Gasteiger partial charge in [-0.3, -0.25) is 25.0 Å². The monoisotopic (exact) mass is 429 g/mol. The number of benzene rings is 2. The fraction of sp³-hybridized carbons (Fsp3) is 0.333. The van der Waals surface area contributed by atoms with Gasteiger partial charge in [0.05, 0.1) is 28.1 Å². The Balaban J connectivity index is 2.73. The zero-order chi connectivity index (χ0) is 23.5. The van der Waals surface area contributed by atoms with E-state index in [9.17, 15) is 29.8 Å². The normalized spacial score (nSPS) is 10.8. The number of rotatable bonds is 7. The number of nitro groups is 2.